The van der Waals surface area contributed by atoms with Gasteiger partial charge in [-0.3, -0.25) is 4.99 Å². The third-order valence-electron chi connectivity index (χ3n) is 2.59. The monoisotopic (exact) mass is 491 g/mol. The van der Waals surface area contributed by atoms with Gasteiger partial charge in [0.05, 0.1) is 0 Å². The lowest BCUT2D eigenvalue weighted by Gasteiger charge is -2.15. The van der Waals surface area contributed by atoms with E-state index in [1.807, 2.05) is 0 Å². The van der Waals surface area contributed by atoms with Gasteiger partial charge in [-0.05, 0) is 24.1 Å². The molecule has 1 rings (SSSR count). The molecule has 0 saturated carbocycles. The van der Waals surface area contributed by atoms with E-state index in [9.17, 15) is 8.78 Å². The number of halogens is 4. The number of guanidine groups is 1. The average Bonchev–Trinajstić information content (AvgIpc) is 2.41. The summed E-state index contributed by atoms with van der Waals surface area (Å²) < 4.78 is 30.1. The zero-order chi connectivity index (χ0) is 15.8. The van der Waals surface area contributed by atoms with Crippen molar-refractivity contribution < 1.29 is 13.5 Å². The molecule has 0 bridgehead atoms. The summed E-state index contributed by atoms with van der Waals surface area (Å²) in [6.07, 6.45) is 0. The Balaban J connectivity index is 0.00000441. The summed E-state index contributed by atoms with van der Waals surface area (Å²) >= 11 is 3.32. The van der Waals surface area contributed by atoms with Gasteiger partial charge in [-0.15, -0.1) is 24.0 Å². The van der Waals surface area contributed by atoms with Crippen molar-refractivity contribution in [3.05, 3.63) is 28.2 Å². The molecular weight excluding hydrogens is 471 g/mol. The SMILES string of the molecule is CN=C(NCc1cc(Br)ccc1OC(F)F)NCC(C)C.I. The minimum atomic E-state index is -2.84. The van der Waals surface area contributed by atoms with Crippen LogP contribution in [0.5, 0.6) is 5.75 Å². The molecule has 0 amide bonds. The second-order valence-electron chi connectivity index (χ2n) is 4.83. The van der Waals surface area contributed by atoms with Crippen molar-refractivity contribution in [3.8, 4) is 5.75 Å². The third kappa shape index (κ3) is 8.11. The highest BCUT2D eigenvalue weighted by Crippen LogP contribution is 2.24. The Morgan fingerprint density at radius 3 is 2.55 bits per heavy atom. The molecule has 0 radical (unpaired) electrons. The van der Waals surface area contributed by atoms with Crippen molar-refractivity contribution in [1.29, 1.82) is 0 Å². The highest BCUT2D eigenvalue weighted by Gasteiger charge is 2.10. The van der Waals surface area contributed by atoms with Crippen LogP contribution in [0.2, 0.25) is 0 Å². The average molecular weight is 492 g/mol. The number of ether oxygens (including phenoxy) is 1. The quantitative estimate of drug-likeness (QED) is 0.359. The molecule has 126 valence electrons. The van der Waals surface area contributed by atoms with E-state index in [1.54, 1.807) is 19.2 Å². The van der Waals surface area contributed by atoms with Crippen LogP contribution in [0.25, 0.3) is 0 Å². The van der Waals surface area contributed by atoms with Crippen molar-refractivity contribution >= 4 is 45.9 Å². The predicted molar refractivity (Wildman–Crippen MR) is 99.2 cm³/mol. The lowest BCUT2D eigenvalue weighted by atomic mass is 10.2. The fraction of sp³-hybridized carbons (Fsp3) is 0.500. The van der Waals surface area contributed by atoms with Gasteiger partial charge in [0.15, 0.2) is 5.96 Å². The summed E-state index contributed by atoms with van der Waals surface area (Å²) in [5.74, 6) is 1.25. The van der Waals surface area contributed by atoms with E-state index < -0.39 is 6.61 Å². The van der Waals surface area contributed by atoms with Gasteiger partial charge in [-0.2, -0.15) is 8.78 Å². The van der Waals surface area contributed by atoms with Gasteiger partial charge < -0.3 is 15.4 Å². The molecular formula is C14H21BrF2IN3O. The number of nitrogens with zero attached hydrogens (tertiary/aromatic N) is 1. The highest BCUT2D eigenvalue weighted by molar-refractivity contribution is 14.0. The molecule has 0 heterocycles. The van der Waals surface area contributed by atoms with Gasteiger partial charge in [0.25, 0.3) is 0 Å². The van der Waals surface area contributed by atoms with Gasteiger partial charge in [0.1, 0.15) is 5.75 Å². The lowest BCUT2D eigenvalue weighted by molar-refractivity contribution is -0.0504. The van der Waals surface area contributed by atoms with Crippen LogP contribution in [-0.2, 0) is 6.54 Å². The van der Waals surface area contributed by atoms with Crippen molar-refractivity contribution in [2.45, 2.75) is 27.0 Å². The van der Waals surface area contributed by atoms with E-state index in [4.69, 9.17) is 0 Å². The number of nitrogens with one attached hydrogen (secondary N) is 2. The lowest BCUT2D eigenvalue weighted by Crippen LogP contribution is -2.38. The minimum absolute atomic E-state index is 0. The van der Waals surface area contributed by atoms with Crippen LogP contribution in [-0.4, -0.2) is 26.2 Å². The largest absolute Gasteiger partial charge is 0.434 e. The number of alkyl halides is 2. The first-order valence-corrected chi connectivity index (χ1v) is 7.39. The molecule has 8 heteroatoms. The third-order valence-corrected chi connectivity index (χ3v) is 3.08. The summed E-state index contributed by atoms with van der Waals surface area (Å²) in [7, 11) is 1.66. The summed E-state index contributed by atoms with van der Waals surface area (Å²) in [5, 5.41) is 6.23. The van der Waals surface area contributed by atoms with E-state index in [0.717, 1.165) is 11.0 Å². The van der Waals surface area contributed by atoms with Gasteiger partial charge in [-0.25, -0.2) is 0 Å². The van der Waals surface area contributed by atoms with E-state index in [2.05, 4.69) is 50.1 Å². The number of rotatable bonds is 6. The molecule has 0 aliphatic heterocycles. The van der Waals surface area contributed by atoms with Gasteiger partial charge in [0, 0.05) is 30.2 Å². The molecule has 2 N–H and O–H groups in total. The maximum Gasteiger partial charge on any atom is 0.387 e. The predicted octanol–water partition coefficient (Wildman–Crippen LogP) is 3.99. The summed E-state index contributed by atoms with van der Waals surface area (Å²) in [5.41, 5.74) is 0.622. The maximum atomic E-state index is 12.4. The maximum absolute atomic E-state index is 12.4. The molecule has 0 saturated heterocycles. The molecule has 0 aromatic heterocycles. The zero-order valence-corrected chi connectivity index (χ0v) is 16.6. The Morgan fingerprint density at radius 1 is 1.32 bits per heavy atom. The van der Waals surface area contributed by atoms with E-state index in [-0.39, 0.29) is 29.7 Å². The summed E-state index contributed by atoms with van der Waals surface area (Å²) in [4.78, 5) is 4.08. The van der Waals surface area contributed by atoms with Crippen molar-refractivity contribution in [2.24, 2.45) is 10.9 Å². The molecule has 1 aromatic carbocycles. The minimum Gasteiger partial charge on any atom is -0.434 e. The van der Waals surface area contributed by atoms with E-state index in [1.165, 1.54) is 6.07 Å². The Bertz CT molecular complexity index is 487. The topological polar surface area (TPSA) is 45.7 Å². The molecule has 4 nitrogen and oxygen atoms in total. The van der Waals surface area contributed by atoms with Crippen LogP contribution < -0.4 is 15.4 Å². The number of hydrogen-bond acceptors (Lipinski definition) is 2. The van der Waals surface area contributed by atoms with Crippen LogP contribution in [0, 0.1) is 5.92 Å². The number of aliphatic imine (C=N–C) groups is 1. The first kappa shape index (κ1) is 21.4. The van der Waals surface area contributed by atoms with Crippen LogP contribution in [0.4, 0.5) is 8.78 Å². The van der Waals surface area contributed by atoms with E-state index >= 15 is 0 Å². The summed E-state index contributed by atoms with van der Waals surface area (Å²) in [6, 6.07) is 4.91. The standard InChI is InChI=1S/C14H20BrF2N3O.HI/c1-9(2)7-19-14(18-3)20-8-10-6-11(15)4-5-12(10)21-13(16)17;/h4-6,9,13H,7-8H2,1-3H3,(H2,18,19,20);1H. The van der Waals surface area contributed by atoms with Crippen LogP contribution in [0.15, 0.2) is 27.7 Å². The molecule has 1 aromatic rings. The van der Waals surface area contributed by atoms with Gasteiger partial charge >= 0.3 is 6.61 Å². The summed E-state index contributed by atoms with van der Waals surface area (Å²) in [6.45, 7) is 2.44. The molecule has 0 spiro atoms. The molecule has 0 aliphatic carbocycles. The van der Waals surface area contributed by atoms with Crippen molar-refractivity contribution in [3.63, 3.8) is 0 Å². The molecule has 0 unspecified atom stereocenters. The number of hydrogen-bond donors (Lipinski definition) is 2. The zero-order valence-electron chi connectivity index (χ0n) is 12.7. The van der Waals surface area contributed by atoms with Crippen LogP contribution >= 0.6 is 39.9 Å². The van der Waals surface area contributed by atoms with Crippen LogP contribution in [0.3, 0.4) is 0 Å². The normalized spacial score (nSPS) is 11.4. The second kappa shape index (κ2) is 11.0. The van der Waals surface area contributed by atoms with Crippen LogP contribution in [0.1, 0.15) is 19.4 Å². The first-order chi connectivity index (χ1) is 9.92. The smallest absolute Gasteiger partial charge is 0.387 e. The Labute approximate surface area is 155 Å². The molecule has 22 heavy (non-hydrogen) atoms. The Kier molecular flexibility index (Phi) is 10.7. The van der Waals surface area contributed by atoms with Gasteiger partial charge in [-0.1, -0.05) is 29.8 Å². The van der Waals surface area contributed by atoms with Crippen molar-refractivity contribution in [2.75, 3.05) is 13.6 Å². The fourth-order valence-corrected chi connectivity index (χ4v) is 2.01. The Morgan fingerprint density at radius 2 is 2.00 bits per heavy atom. The highest BCUT2D eigenvalue weighted by atomic mass is 127. The fourth-order valence-electron chi connectivity index (χ4n) is 1.60. The molecule has 0 atom stereocenters. The van der Waals surface area contributed by atoms with E-state index in [0.29, 0.717) is 24.0 Å². The van der Waals surface area contributed by atoms with Crippen molar-refractivity contribution in [1.82, 2.24) is 10.6 Å². The first-order valence-electron chi connectivity index (χ1n) is 6.60. The second-order valence-corrected chi connectivity index (χ2v) is 5.75. The Hall–Kier alpha value is -0.640. The number of benzene rings is 1. The molecule has 0 aliphatic rings. The molecule has 0 fully saturated rings. The van der Waals surface area contributed by atoms with Gasteiger partial charge in [0.2, 0.25) is 0 Å².